The largest absolute Gasteiger partial charge is 0.465 e. The molecular formula is C18H21N3O2. The molecule has 1 aliphatic heterocycles. The second-order valence-corrected chi connectivity index (χ2v) is 5.67. The van der Waals surface area contributed by atoms with E-state index in [1.807, 2.05) is 24.4 Å². The highest BCUT2D eigenvalue weighted by Crippen LogP contribution is 2.23. The molecule has 1 aromatic carbocycles. The average Bonchev–Trinajstić information content (AvgIpc) is 2.62. The zero-order valence-electron chi connectivity index (χ0n) is 13.2. The highest BCUT2D eigenvalue weighted by Gasteiger charge is 2.24. The Hall–Kier alpha value is -2.24. The lowest BCUT2D eigenvalue weighted by Gasteiger charge is -2.36. The molecule has 1 atom stereocenters. The standard InChI is InChI=1S/C18H21N3O2/c1-23-18(22)15-5-2-4-14(10-15)13-21-9-8-20-12-17(21)16-6-3-7-19-11-16/h2-7,10-11,17,20H,8-9,12-13H2,1H3. The Labute approximate surface area is 136 Å². The Bertz CT molecular complexity index is 660. The molecule has 0 bridgehead atoms. The molecule has 120 valence electrons. The van der Waals surface area contributed by atoms with Crippen LogP contribution >= 0.6 is 0 Å². The monoisotopic (exact) mass is 311 g/mol. The van der Waals surface area contributed by atoms with E-state index >= 15 is 0 Å². The molecule has 0 spiro atoms. The van der Waals surface area contributed by atoms with Crippen molar-refractivity contribution < 1.29 is 9.53 Å². The van der Waals surface area contributed by atoms with Crippen LogP contribution in [0, 0.1) is 0 Å². The smallest absolute Gasteiger partial charge is 0.337 e. The highest BCUT2D eigenvalue weighted by atomic mass is 16.5. The van der Waals surface area contributed by atoms with Crippen molar-refractivity contribution in [2.45, 2.75) is 12.6 Å². The second kappa shape index (κ2) is 7.35. The molecule has 1 unspecified atom stereocenters. The zero-order chi connectivity index (χ0) is 16.1. The van der Waals surface area contributed by atoms with Gasteiger partial charge in [-0.1, -0.05) is 18.2 Å². The molecule has 5 nitrogen and oxygen atoms in total. The SMILES string of the molecule is COC(=O)c1cccc(CN2CCNCC2c2cccnc2)c1. The number of hydrogen-bond acceptors (Lipinski definition) is 5. The lowest BCUT2D eigenvalue weighted by molar-refractivity contribution is 0.0600. The van der Waals surface area contributed by atoms with Crippen LogP contribution in [-0.2, 0) is 11.3 Å². The number of carbonyl (C=O) groups is 1. The van der Waals surface area contributed by atoms with Crippen LogP contribution in [0.4, 0.5) is 0 Å². The molecule has 1 N–H and O–H groups in total. The predicted molar refractivity (Wildman–Crippen MR) is 88.0 cm³/mol. The van der Waals surface area contributed by atoms with Gasteiger partial charge in [0, 0.05) is 44.6 Å². The number of pyridine rings is 1. The Morgan fingerprint density at radius 1 is 1.39 bits per heavy atom. The number of carbonyl (C=O) groups excluding carboxylic acids is 1. The normalized spacial score (nSPS) is 18.6. The lowest BCUT2D eigenvalue weighted by atomic mass is 10.0. The molecule has 2 aromatic rings. The number of nitrogens with one attached hydrogen (secondary N) is 1. The number of esters is 1. The molecule has 1 saturated heterocycles. The Balaban J connectivity index is 1.78. The fourth-order valence-corrected chi connectivity index (χ4v) is 2.99. The van der Waals surface area contributed by atoms with Crippen LogP contribution in [0.5, 0.6) is 0 Å². The van der Waals surface area contributed by atoms with Crippen LogP contribution in [0.25, 0.3) is 0 Å². The van der Waals surface area contributed by atoms with Crippen molar-refractivity contribution in [2.75, 3.05) is 26.7 Å². The molecule has 0 aliphatic carbocycles. The first-order chi connectivity index (χ1) is 11.3. The van der Waals surface area contributed by atoms with E-state index in [0.29, 0.717) is 11.6 Å². The number of aromatic nitrogens is 1. The lowest BCUT2D eigenvalue weighted by Crippen LogP contribution is -2.45. The fraction of sp³-hybridized carbons (Fsp3) is 0.333. The van der Waals surface area contributed by atoms with E-state index in [-0.39, 0.29) is 5.97 Å². The number of methoxy groups -OCH3 is 1. The van der Waals surface area contributed by atoms with Gasteiger partial charge in [0.05, 0.1) is 12.7 Å². The van der Waals surface area contributed by atoms with Gasteiger partial charge in [-0.05, 0) is 29.3 Å². The van der Waals surface area contributed by atoms with Crippen molar-refractivity contribution in [3.63, 3.8) is 0 Å². The van der Waals surface area contributed by atoms with Gasteiger partial charge in [-0.2, -0.15) is 0 Å². The second-order valence-electron chi connectivity index (χ2n) is 5.67. The molecule has 0 amide bonds. The number of ether oxygens (including phenoxy) is 1. The van der Waals surface area contributed by atoms with E-state index in [0.717, 1.165) is 31.7 Å². The van der Waals surface area contributed by atoms with Gasteiger partial charge in [0.2, 0.25) is 0 Å². The highest BCUT2D eigenvalue weighted by molar-refractivity contribution is 5.89. The zero-order valence-corrected chi connectivity index (χ0v) is 13.2. The maximum Gasteiger partial charge on any atom is 0.337 e. The van der Waals surface area contributed by atoms with Gasteiger partial charge in [-0.15, -0.1) is 0 Å². The summed E-state index contributed by atoms with van der Waals surface area (Å²) in [5, 5.41) is 3.44. The first-order valence-corrected chi connectivity index (χ1v) is 7.80. The summed E-state index contributed by atoms with van der Waals surface area (Å²) in [5.41, 5.74) is 2.92. The Morgan fingerprint density at radius 2 is 2.30 bits per heavy atom. The maximum atomic E-state index is 11.7. The number of piperazine rings is 1. The van der Waals surface area contributed by atoms with E-state index in [9.17, 15) is 4.79 Å². The van der Waals surface area contributed by atoms with Gasteiger partial charge >= 0.3 is 5.97 Å². The summed E-state index contributed by atoms with van der Waals surface area (Å²) in [4.78, 5) is 18.3. The van der Waals surface area contributed by atoms with Crippen molar-refractivity contribution in [3.8, 4) is 0 Å². The van der Waals surface area contributed by atoms with Gasteiger partial charge in [0.25, 0.3) is 0 Å². The van der Waals surface area contributed by atoms with E-state index in [1.165, 1.54) is 12.7 Å². The molecule has 1 aromatic heterocycles. The van der Waals surface area contributed by atoms with Crippen molar-refractivity contribution in [1.29, 1.82) is 0 Å². The number of rotatable bonds is 4. The van der Waals surface area contributed by atoms with Gasteiger partial charge in [0.1, 0.15) is 0 Å². The van der Waals surface area contributed by atoms with Crippen molar-refractivity contribution in [1.82, 2.24) is 15.2 Å². The molecule has 0 saturated carbocycles. The van der Waals surface area contributed by atoms with Gasteiger partial charge in [0.15, 0.2) is 0 Å². The number of benzene rings is 1. The third-order valence-corrected chi connectivity index (χ3v) is 4.16. The predicted octanol–water partition coefficient (Wildman–Crippen LogP) is 2.01. The van der Waals surface area contributed by atoms with E-state index in [1.54, 1.807) is 12.3 Å². The first kappa shape index (κ1) is 15.6. The minimum absolute atomic E-state index is 0.291. The summed E-state index contributed by atoms with van der Waals surface area (Å²) in [5.74, 6) is -0.295. The van der Waals surface area contributed by atoms with Crippen LogP contribution in [0.3, 0.4) is 0 Å². The maximum absolute atomic E-state index is 11.7. The molecule has 5 heteroatoms. The Morgan fingerprint density at radius 3 is 3.09 bits per heavy atom. The molecule has 1 fully saturated rings. The van der Waals surface area contributed by atoms with Crippen LogP contribution < -0.4 is 5.32 Å². The minimum atomic E-state index is -0.295. The summed E-state index contributed by atoms with van der Waals surface area (Å²) >= 11 is 0. The minimum Gasteiger partial charge on any atom is -0.465 e. The van der Waals surface area contributed by atoms with Crippen molar-refractivity contribution >= 4 is 5.97 Å². The van der Waals surface area contributed by atoms with Crippen LogP contribution in [0.2, 0.25) is 0 Å². The molecule has 3 rings (SSSR count). The summed E-state index contributed by atoms with van der Waals surface area (Å²) in [7, 11) is 1.41. The molecule has 23 heavy (non-hydrogen) atoms. The third-order valence-electron chi connectivity index (χ3n) is 4.16. The quantitative estimate of drug-likeness (QED) is 0.876. The van der Waals surface area contributed by atoms with Gasteiger partial charge in [-0.25, -0.2) is 4.79 Å². The Kier molecular flexibility index (Phi) is 5.00. The molecule has 2 heterocycles. The molecule has 1 aliphatic rings. The van der Waals surface area contributed by atoms with Crippen molar-refractivity contribution in [3.05, 3.63) is 65.5 Å². The van der Waals surface area contributed by atoms with E-state index in [2.05, 4.69) is 27.3 Å². The van der Waals surface area contributed by atoms with Gasteiger partial charge < -0.3 is 10.1 Å². The van der Waals surface area contributed by atoms with E-state index in [4.69, 9.17) is 4.74 Å². The molecule has 0 radical (unpaired) electrons. The summed E-state index contributed by atoms with van der Waals surface area (Å²) in [6.45, 7) is 3.63. The number of nitrogens with zero attached hydrogens (tertiary/aromatic N) is 2. The van der Waals surface area contributed by atoms with Gasteiger partial charge in [-0.3, -0.25) is 9.88 Å². The summed E-state index contributed by atoms with van der Waals surface area (Å²) < 4.78 is 4.80. The summed E-state index contributed by atoms with van der Waals surface area (Å²) in [6, 6.07) is 12.0. The summed E-state index contributed by atoms with van der Waals surface area (Å²) in [6.07, 6.45) is 3.72. The third kappa shape index (κ3) is 3.75. The first-order valence-electron chi connectivity index (χ1n) is 7.80. The topological polar surface area (TPSA) is 54.5 Å². The van der Waals surface area contributed by atoms with Crippen LogP contribution in [0.1, 0.15) is 27.5 Å². The van der Waals surface area contributed by atoms with Crippen molar-refractivity contribution in [2.24, 2.45) is 0 Å². The molecular weight excluding hydrogens is 290 g/mol. The van der Waals surface area contributed by atoms with Crippen LogP contribution in [-0.4, -0.2) is 42.6 Å². The van der Waals surface area contributed by atoms with Crippen LogP contribution in [0.15, 0.2) is 48.8 Å². The van der Waals surface area contributed by atoms with E-state index < -0.39 is 0 Å². The fourth-order valence-electron chi connectivity index (χ4n) is 2.99. The average molecular weight is 311 g/mol. The number of hydrogen-bond donors (Lipinski definition) is 1.